The van der Waals surface area contributed by atoms with E-state index in [1.807, 2.05) is 0 Å². The van der Waals surface area contributed by atoms with Gasteiger partial charge in [-0.15, -0.1) is 0 Å². The summed E-state index contributed by atoms with van der Waals surface area (Å²) in [5, 5.41) is 3.40. The van der Waals surface area contributed by atoms with Crippen molar-refractivity contribution in [2.75, 3.05) is 20.2 Å². The molecule has 1 heterocycles. The van der Waals surface area contributed by atoms with E-state index in [0.717, 1.165) is 19.4 Å². The molecule has 1 aliphatic rings. The molecule has 1 aromatic carbocycles. The molecule has 1 aromatic rings. The van der Waals surface area contributed by atoms with E-state index in [1.165, 1.54) is 13.2 Å². The SMILES string of the molecule is COc1cccc(S(=O)(=O)NCC2NCCCC2(C)C)c1. The molecule has 0 aromatic heterocycles. The Morgan fingerprint density at radius 1 is 1.43 bits per heavy atom. The number of ether oxygens (including phenoxy) is 1. The van der Waals surface area contributed by atoms with Crippen molar-refractivity contribution in [2.45, 2.75) is 37.6 Å². The van der Waals surface area contributed by atoms with Crippen molar-refractivity contribution in [3.8, 4) is 5.75 Å². The maximum absolute atomic E-state index is 12.4. The number of sulfonamides is 1. The highest BCUT2D eigenvalue weighted by Crippen LogP contribution is 2.29. The number of benzene rings is 1. The van der Waals surface area contributed by atoms with E-state index in [0.29, 0.717) is 12.3 Å². The second-order valence-corrected chi connectivity index (χ2v) is 7.90. The first-order valence-electron chi connectivity index (χ1n) is 7.22. The van der Waals surface area contributed by atoms with Crippen molar-refractivity contribution in [1.29, 1.82) is 0 Å². The summed E-state index contributed by atoms with van der Waals surface area (Å²) in [6.45, 7) is 5.68. The molecular weight excluding hydrogens is 288 g/mol. The summed E-state index contributed by atoms with van der Waals surface area (Å²) >= 11 is 0. The molecule has 118 valence electrons. The van der Waals surface area contributed by atoms with Crippen LogP contribution >= 0.6 is 0 Å². The quantitative estimate of drug-likeness (QED) is 0.869. The van der Waals surface area contributed by atoms with Crippen molar-refractivity contribution in [2.24, 2.45) is 5.41 Å². The van der Waals surface area contributed by atoms with Crippen molar-refractivity contribution < 1.29 is 13.2 Å². The van der Waals surface area contributed by atoms with E-state index in [9.17, 15) is 8.42 Å². The topological polar surface area (TPSA) is 67.4 Å². The third kappa shape index (κ3) is 3.96. The number of piperidine rings is 1. The van der Waals surface area contributed by atoms with Crippen LogP contribution in [0, 0.1) is 5.41 Å². The first-order chi connectivity index (χ1) is 9.85. The van der Waals surface area contributed by atoms with E-state index in [1.54, 1.807) is 18.2 Å². The molecule has 2 N–H and O–H groups in total. The Balaban J connectivity index is 2.07. The summed E-state index contributed by atoms with van der Waals surface area (Å²) in [7, 11) is -1.99. The second-order valence-electron chi connectivity index (χ2n) is 6.13. The number of hydrogen-bond donors (Lipinski definition) is 2. The van der Waals surface area contributed by atoms with Crippen LogP contribution in [0.4, 0.5) is 0 Å². The maximum atomic E-state index is 12.4. The summed E-state index contributed by atoms with van der Waals surface area (Å²) in [5.74, 6) is 0.536. The lowest BCUT2D eigenvalue weighted by Gasteiger charge is -2.39. The Morgan fingerprint density at radius 3 is 2.86 bits per heavy atom. The Kier molecular flexibility index (Phi) is 4.91. The average molecular weight is 312 g/mol. The smallest absolute Gasteiger partial charge is 0.240 e. The summed E-state index contributed by atoms with van der Waals surface area (Å²) in [4.78, 5) is 0.232. The first kappa shape index (κ1) is 16.3. The summed E-state index contributed by atoms with van der Waals surface area (Å²) in [5.41, 5.74) is 0.0924. The lowest BCUT2D eigenvalue weighted by atomic mass is 9.78. The second kappa shape index (κ2) is 6.34. The zero-order valence-corrected chi connectivity index (χ0v) is 13.7. The van der Waals surface area contributed by atoms with Crippen LogP contribution in [0.1, 0.15) is 26.7 Å². The predicted molar refractivity (Wildman–Crippen MR) is 83.0 cm³/mol. The van der Waals surface area contributed by atoms with Crippen LogP contribution in [-0.2, 0) is 10.0 Å². The molecule has 1 atom stereocenters. The molecule has 0 bridgehead atoms. The first-order valence-corrected chi connectivity index (χ1v) is 8.70. The van der Waals surface area contributed by atoms with Gasteiger partial charge in [-0.3, -0.25) is 0 Å². The molecule has 0 aliphatic carbocycles. The van der Waals surface area contributed by atoms with Crippen LogP contribution in [0.3, 0.4) is 0 Å². The number of hydrogen-bond acceptors (Lipinski definition) is 4. The molecule has 0 saturated carbocycles. The Bertz CT molecular complexity index is 584. The van der Waals surface area contributed by atoms with E-state index >= 15 is 0 Å². The van der Waals surface area contributed by atoms with Gasteiger partial charge in [0.25, 0.3) is 0 Å². The van der Waals surface area contributed by atoms with Crippen LogP contribution in [0.2, 0.25) is 0 Å². The van der Waals surface area contributed by atoms with Gasteiger partial charge in [0.1, 0.15) is 5.75 Å². The summed E-state index contributed by atoms with van der Waals surface area (Å²) in [6, 6.07) is 6.65. The molecule has 0 spiro atoms. The van der Waals surface area contributed by atoms with E-state index in [4.69, 9.17) is 4.74 Å². The van der Waals surface area contributed by atoms with Gasteiger partial charge < -0.3 is 10.1 Å². The van der Waals surface area contributed by atoms with Gasteiger partial charge in [-0.05, 0) is 36.9 Å². The molecule has 1 unspecified atom stereocenters. The molecule has 2 rings (SSSR count). The van der Waals surface area contributed by atoms with Crippen molar-refractivity contribution in [3.05, 3.63) is 24.3 Å². The maximum Gasteiger partial charge on any atom is 0.240 e. The van der Waals surface area contributed by atoms with E-state index < -0.39 is 10.0 Å². The highest BCUT2D eigenvalue weighted by atomic mass is 32.2. The lowest BCUT2D eigenvalue weighted by Crippen LogP contribution is -2.52. The standard InChI is InChI=1S/C15H24N2O3S/c1-15(2)8-5-9-16-14(15)11-17-21(18,19)13-7-4-6-12(10-13)20-3/h4,6-7,10,14,16-17H,5,8-9,11H2,1-3H3. The molecule has 0 amide bonds. The molecule has 21 heavy (non-hydrogen) atoms. The Labute approximate surface area is 127 Å². The third-order valence-corrected chi connectivity index (χ3v) is 5.58. The highest BCUT2D eigenvalue weighted by molar-refractivity contribution is 7.89. The van der Waals surface area contributed by atoms with Crippen molar-refractivity contribution >= 4 is 10.0 Å². The van der Waals surface area contributed by atoms with Gasteiger partial charge in [-0.1, -0.05) is 19.9 Å². The molecule has 1 aliphatic heterocycles. The van der Waals surface area contributed by atoms with Gasteiger partial charge in [0.2, 0.25) is 10.0 Å². The molecular formula is C15H24N2O3S. The predicted octanol–water partition coefficient (Wildman–Crippen LogP) is 1.75. The van der Waals surface area contributed by atoms with Crippen LogP contribution in [0.15, 0.2) is 29.2 Å². The molecule has 5 nitrogen and oxygen atoms in total. The number of nitrogens with one attached hydrogen (secondary N) is 2. The lowest BCUT2D eigenvalue weighted by molar-refractivity contribution is 0.181. The van der Waals surface area contributed by atoms with E-state index in [-0.39, 0.29) is 16.4 Å². The van der Waals surface area contributed by atoms with Gasteiger partial charge in [0, 0.05) is 18.7 Å². The van der Waals surface area contributed by atoms with Crippen LogP contribution in [0.5, 0.6) is 5.75 Å². The minimum absolute atomic E-state index is 0.0924. The summed E-state index contributed by atoms with van der Waals surface area (Å²) < 4.78 is 32.5. The molecule has 6 heteroatoms. The monoisotopic (exact) mass is 312 g/mol. The van der Waals surface area contributed by atoms with Crippen molar-refractivity contribution in [1.82, 2.24) is 10.0 Å². The average Bonchev–Trinajstić information content (AvgIpc) is 2.46. The third-order valence-electron chi connectivity index (χ3n) is 4.16. The van der Waals surface area contributed by atoms with Gasteiger partial charge in [0.15, 0.2) is 0 Å². The van der Waals surface area contributed by atoms with Gasteiger partial charge in [-0.2, -0.15) is 0 Å². The Hall–Kier alpha value is -1.11. The normalized spacial score (nSPS) is 22.0. The Morgan fingerprint density at radius 2 is 2.19 bits per heavy atom. The zero-order valence-electron chi connectivity index (χ0n) is 12.8. The fourth-order valence-electron chi connectivity index (χ4n) is 2.66. The minimum Gasteiger partial charge on any atom is -0.497 e. The molecule has 1 fully saturated rings. The fraction of sp³-hybridized carbons (Fsp3) is 0.600. The van der Waals surface area contributed by atoms with Crippen LogP contribution in [0.25, 0.3) is 0 Å². The van der Waals surface area contributed by atoms with Crippen LogP contribution < -0.4 is 14.8 Å². The van der Waals surface area contributed by atoms with Crippen molar-refractivity contribution in [3.63, 3.8) is 0 Å². The number of methoxy groups -OCH3 is 1. The van der Waals surface area contributed by atoms with Gasteiger partial charge in [-0.25, -0.2) is 13.1 Å². The van der Waals surface area contributed by atoms with Gasteiger partial charge >= 0.3 is 0 Å². The highest BCUT2D eigenvalue weighted by Gasteiger charge is 2.32. The minimum atomic E-state index is -3.51. The largest absolute Gasteiger partial charge is 0.497 e. The fourth-order valence-corrected chi connectivity index (χ4v) is 3.75. The summed E-state index contributed by atoms with van der Waals surface area (Å²) in [6.07, 6.45) is 2.23. The zero-order chi connectivity index (χ0) is 15.5. The number of rotatable bonds is 5. The van der Waals surface area contributed by atoms with E-state index in [2.05, 4.69) is 23.9 Å². The van der Waals surface area contributed by atoms with Gasteiger partial charge in [0.05, 0.1) is 12.0 Å². The molecule has 0 radical (unpaired) electrons. The van der Waals surface area contributed by atoms with Crippen LogP contribution in [-0.4, -0.2) is 34.7 Å². The molecule has 1 saturated heterocycles.